The molecule has 6 heteroatoms. The van der Waals surface area contributed by atoms with E-state index in [1.807, 2.05) is 39.8 Å². The highest BCUT2D eigenvalue weighted by Crippen LogP contribution is 2.59. The van der Waals surface area contributed by atoms with Gasteiger partial charge in [0.1, 0.15) is 5.82 Å². The van der Waals surface area contributed by atoms with E-state index in [2.05, 4.69) is 0 Å². The molecule has 4 nitrogen and oxygen atoms in total. The maximum Gasteiger partial charge on any atom is 0.268 e. The van der Waals surface area contributed by atoms with E-state index in [1.165, 1.54) is 23.9 Å². The predicted molar refractivity (Wildman–Crippen MR) is 110 cm³/mol. The number of carbonyl (C=O) groups is 2. The number of likely N-dealkylation sites (N-methyl/N-ethyl adjacent to an activating group) is 1. The first-order chi connectivity index (χ1) is 13.2. The van der Waals surface area contributed by atoms with E-state index in [0.29, 0.717) is 29.9 Å². The molecule has 2 heterocycles. The van der Waals surface area contributed by atoms with Crippen molar-refractivity contribution in [2.75, 3.05) is 18.0 Å². The average molecular weight is 399 g/mol. The average Bonchev–Trinajstić information content (AvgIpc) is 3.07. The van der Waals surface area contributed by atoms with E-state index in [4.69, 9.17) is 0 Å². The van der Waals surface area contributed by atoms with Crippen LogP contribution in [0.25, 0.3) is 0 Å². The number of thioether (sulfide) groups is 1. The number of aryl methyl sites for hydroxylation is 1. The molecular formula is C22H23FN2O2S. The first-order valence-corrected chi connectivity index (χ1v) is 10.2. The second-order valence-corrected chi connectivity index (χ2v) is 9.87. The molecular weight excluding hydrogens is 375 g/mol. The Morgan fingerprint density at radius 1 is 1.18 bits per heavy atom. The number of amides is 2. The van der Waals surface area contributed by atoms with Crippen molar-refractivity contribution >= 4 is 29.3 Å². The first-order valence-electron chi connectivity index (χ1n) is 9.40. The van der Waals surface area contributed by atoms with E-state index in [0.717, 1.165) is 5.56 Å². The minimum absolute atomic E-state index is 0.174. The highest BCUT2D eigenvalue weighted by molar-refractivity contribution is 8.02. The minimum Gasteiger partial charge on any atom is -0.310 e. The van der Waals surface area contributed by atoms with Gasteiger partial charge in [0.25, 0.3) is 11.8 Å². The molecule has 1 fully saturated rings. The zero-order valence-electron chi connectivity index (χ0n) is 16.5. The molecule has 0 bridgehead atoms. The Morgan fingerprint density at radius 2 is 1.86 bits per heavy atom. The number of halogens is 1. The topological polar surface area (TPSA) is 40.6 Å². The molecule has 0 saturated carbocycles. The van der Waals surface area contributed by atoms with Crippen molar-refractivity contribution < 1.29 is 14.0 Å². The SMILES string of the molecule is CCN1C(=O)C2(SC(C)(C)CN2C(=O)c2ccc(C)cc2)c2cc(F)ccc21. The van der Waals surface area contributed by atoms with Crippen molar-refractivity contribution in [3.63, 3.8) is 0 Å². The Bertz CT molecular complexity index is 973. The molecule has 146 valence electrons. The van der Waals surface area contributed by atoms with Crippen LogP contribution in [-0.4, -0.2) is 34.6 Å². The first kappa shape index (κ1) is 19.0. The highest BCUT2D eigenvalue weighted by atomic mass is 32.2. The van der Waals surface area contributed by atoms with E-state index in [9.17, 15) is 14.0 Å². The van der Waals surface area contributed by atoms with E-state index >= 15 is 0 Å². The van der Waals surface area contributed by atoms with Crippen LogP contribution in [0.3, 0.4) is 0 Å². The van der Waals surface area contributed by atoms with Crippen LogP contribution in [0.2, 0.25) is 0 Å². The largest absolute Gasteiger partial charge is 0.310 e. The molecule has 1 atom stereocenters. The lowest BCUT2D eigenvalue weighted by molar-refractivity contribution is -0.123. The standard InChI is InChI=1S/C22H23FN2O2S/c1-5-24-18-11-10-16(23)12-17(18)22(20(24)27)25(13-21(3,4)28-22)19(26)15-8-6-14(2)7-9-15/h6-12H,5,13H2,1-4H3. The van der Waals surface area contributed by atoms with Crippen molar-refractivity contribution in [2.24, 2.45) is 0 Å². The summed E-state index contributed by atoms with van der Waals surface area (Å²) in [6, 6.07) is 11.8. The lowest BCUT2D eigenvalue weighted by Crippen LogP contribution is -2.50. The number of fused-ring (bicyclic) bond motifs is 2. The second-order valence-electron chi connectivity index (χ2n) is 7.97. The molecule has 28 heavy (non-hydrogen) atoms. The van der Waals surface area contributed by atoms with E-state index in [1.54, 1.807) is 28.0 Å². The van der Waals surface area contributed by atoms with Crippen LogP contribution in [-0.2, 0) is 9.67 Å². The third-order valence-electron chi connectivity index (χ3n) is 5.35. The second kappa shape index (κ2) is 6.34. The molecule has 4 rings (SSSR count). The maximum atomic E-state index is 14.2. The summed E-state index contributed by atoms with van der Waals surface area (Å²) < 4.78 is 13.9. The molecule has 2 amide bonds. The third-order valence-corrected chi connectivity index (χ3v) is 6.94. The van der Waals surface area contributed by atoms with Crippen LogP contribution in [0.15, 0.2) is 42.5 Å². The summed E-state index contributed by atoms with van der Waals surface area (Å²) in [6.07, 6.45) is 0. The molecule has 0 aliphatic carbocycles. The molecule has 1 spiro atoms. The molecule has 2 aliphatic heterocycles. The number of benzene rings is 2. The van der Waals surface area contributed by atoms with Gasteiger partial charge in [-0.3, -0.25) is 9.59 Å². The van der Waals surface area contributed by atoms with Crippen LogP contribution in [0, 0.1) is 12.7 Å². The van der Waals surface area contributed by atoms with Crippen molar-refractivity contribution in [3.8, 4) is 0 Å². The number of hydrogen-bond donors (Lipinski definition) is 0. The molecule has 0 radical (unpaired) electrons. The maximum absolute atomic E-state index is 14.2. The molecule has 2 aromatic carbocycles. The molecule has 2 aliphatic rings. The van der Waals surface area contributed by atoms with E-state index < -0.39 is 10.7 Å². The van der Waals surface area contributed by atoms with Crippen molar-refractivity contribution in [3.05, 3.63) is 65.0 Å². The van der Waals surface area contributed by atoms with Crippen LogP contribution in [0.1, 0.15) is 42.3 Å². The number of carbonyl (C=O) groups excluding carboxylic acids is 2. The monoisotopic (exact) mass is 398 g/mol. The van der Waals surface area contributed by atoms with Crippen LogP contribution in [0.5, 0.6) is 0 Å². The van der Waals surface area contributed by atoms with Gasteiger partial charge in [-0.15, -0.1) is 11.8 Å². The Labute approximate surface area is 168 Å². The fourth-order valence-electron chi connectivity index (χ4n) is 4.14. The summed E-state index contributed by atoms with van der Waals surface area (Å²) in [5, 5.41) is 0. The fraction of sp³-hybridized carbons (Fsp3) is 0.364. The molecule has 0 N–H and O–H groups in total. The molecule has 0 aromatic heterocycles. The zero-order chi connectivity index (χ0) is 20.3. The quantitative estimate of drug-likeness (QED) is 0.756. The van der Waals surface area contributed by atoms with Crippen molar-refractivity contribution in [1.29, 1.82) is 0 Å². The van der Waals surface area contributed by atoms with Gasteiger partial charge >= 0.3 is 0 Å². The Balaban J connectivity index is 1.90. The number of hydrogen-bond acceptors (Lipinski definition) is 3. The van der Waals surface area contributed by atoms with Gasteiger partial charge in [0.15, 0.2) is 4.87 Å². The van der Waals surface area contributed by atoms with Crippen LogP contribution < -0.4 is 4.90 Å². The summed E-state index contributed by atoms with van der Waals surface area (Å²) in [7, 11) is 0. The summed E-state index contributed by atoms with van der Waals surface area (Å²) >= 11 is 1.44. The summed E-state index contributed by atoms with van der Waals surface area (Å²) in [5.41, 5.74) is 2.84. The molecule has 2 aromatic rings. The van der Waals surface area contributed by atoms with Gasteiger partial charge in [-0.05, 0) is 58.0 Å². The van der Waals surface area contributed by atoms with Gasteiger partial charge in [-0.1, -0.05) is 17.7 Å². The van der Waals surface area contributed by atoms with Gasteiger partial charge in [-0.2, -0.15) is 0 Å². The van der Waals surface area contributed by atoms with Gasteiger partial charge in [-0.25, -0.2) is 4.39 Å². The molecule has 1 unspecified atom stereocenters. The van der Waals surface area contributed by atoms with Crippen molar-refractivity contribution in [2.45, 2.75) is 37.3 Å². The van der Waals surface area contributed by atoms with Crippen LogP contribution >= 0.6 is 11.8 Å². The van der Waals surface area contributed by atoms with E-state index in [-0.39, 0.29) is 16.6 Å². The Morgan fingerprint density at radius 3 is 2.50 bits per heavy atom. The lowest BCUT2D eigenvalue weighted by Gasteiger charge is -2.33. The smallest absolute Gasteiger partial charge is 0.268 e. The predicted octanol–water partition coefficient (Wildman–Crippen LogP) is 4.32. The molecule has 1 saturated heterocycles. The minimum atomic E-state index is -1.24. The summed E-state index contributed by atoms with van der Waals surface area (Å²) in [4.78, 5) is 29.1. The lowest BCUT2D eigenvalue weighted by atomic mass is 10.0. The van der Waals surface area contributed by atoms with Gasteiger partial charge in [0.2, 0.25) is 0 Å². The highest BCUT2D eigenvalue weighted by Gasteiger charge is 2.63. The normalized spacial score (nSPS) is 22.8. The number of nitrogens with zero attached hydrogens (tertiary/aromatic N) is 2. The van der Waals surface area contributed by atoms with Gasteiger partial charge < -0.3 is 9.80 Å². The van der Waals surface area contributed by atoms with Crippen LogP contribution in [0.4, 0.5) is 10.1 Å². The summed E-state index contributed by atoms with van der Waals surface area (Å²) in [6.45, 7) is 8.76. The Hall–Kier alpha value is -2.34. The zero-order valence-corrected chi connectivity index (χ0v) is 17.3. The Kier molecular flexibility index (Phi) is 4.30. The number of rotatable bonds is 2. The van der Waals surface area contributed by atoms with Crippen molar-refractivity contribution in [1.82, 2.24) is 4.90 Å². The third kappa shape index (κ3) is 2.65. The summed E-state index contributed by atoms with van der Waals surface area (Å²) in [5.74, 6) is -0.789. The van der Waals surface area contributed by atoms with Gasteiger partial charge in [0.05, 0.1) is 5.69 Å². The number of anilines is 1. The van der Waals surface area contributed by atoms with Gasteiger partial charge in [0, 0.05) is 29.0 Å². The fourth-order valence-corrected chi connectivity index (χ4v) is 5.86.